The third-order valence-corrected chi connectivity index (χ3v) is 5.04. The number of methoxy groups -OCH3 is 1. The van der Waals surface area contributed by atoms with Crippen LogP contribution in [0.1, 0.15) is 19.4 Å². The number of ether oxygens (including phenoxy) is 1. The highest BCUT2D eigenvalue weighted by Crippen LogP contribution is 2.23. The first-order valence-electron chi connectivity index (χ1n) is 5.80. The Hall–Kier alpha value is -1.35. The Morgan fingerprint density at radius 2 is 2.05 bits per heavy atom. The van der Waals surface area contributed by atoms with E-state index >= 15 is 0 Å². The van der Waals surface area contributed by atoms with E-state index in [1.807, 2.05) is 6.07 Å². The van der Waals surface area contributed by atoms with Gasteiger partial charge in [-0.1, -0.05) is 18.1 Å². The van der Waals surface area contributed by atoms with Crippen molar-refractivity contribution in [2.24, 2.45) is 0 Å². The molecular formula is C14H19NO3S. The summed E-state index contributed by atoms with van der Waals surface area (Å²) in [6, 6.07) is 6.66. The largest absolute Gasteiger partial charge is 0.380 e. The van der Waals surface area contributed by atoms with E-state index in [0.717, 1.165) is 5.56 Å². The molecule has 0 aliphatic rings. The van der Waals surface area contributed by atoms with Crippen LogP contribution in [0.3, 0.4) is 0 Å². The van der Waals surface area contributed by atoms with Gasteiger partial charge in [0.25, 0.3) is 0 Å². The van der Waals surface area contributed by atoms with Crippen molar-refractivity contribution in [3.8, 4) is 12.3 Å². The predicted molar refractivity (Wildman–Crippen MR) is 75.0 cm³/mol. The van der Waals surface area contributed by atoms with Crippen molar-refractivity contribution in [1.29, 1.82) is 0 Å². The Kier molecular flexibility index (Phi) is 4.75. The number of rotatable bonds is 5. The van der Waals surface area contributed by atoms with Crippen LogP contribution in [-0.4, -0.2) is 32.4 Å². The van der Waals surface area contributed by atoms with Crippen molar-refractivity contribution in [2.45, 2.75) is 30.9 Å². The lowest BCUT2D eigenvalue weighted by Crippen LogP contribution is -2.43. The zero-order chi connectivity index (χ0) is 14.7. The highest BCUT2D eigenvalue weighted by Gasteiger charge is 2.32. The van der Waals surface area contributed by atoms with Gasteiger partial charge in [0.15, 0.2) is 0 Å². The van der Waals surface area contributed by atoms with Gasteiger partial charge in [0, 0.05) is 14.2 Å². The minimum absolute atomic E-state index is 0.216. The molecular weight excluding hydrogens is 262 g/mol. The zero-order valence-corrected chi connectivity index (χ0v) is 12.5. The lowest BCUT2D eigenvalue weighted by molar-refractivity contribution is 0.184. The first kappa shape index (κ1) is 15.7. The predicted octanol–water partition coefficient (Wildman–Crippen LogP) is 1.87. The highest BCUT2D eigenvalue weighted by atomic mass is 32.2. The van der Waals surface area contributed by atoms with Crippen LogP contribution in [0.5, 0.6) is 0 Å². The molecule has 0 bridgehead atoms. The fourth-order valence-corrected chi connectivity index (χ4v) is 3.03. The monoisotopic (exact) mass is 281 g/mol. The van der Waals surface area contributed by atoms with Gasteiger partial charge in [-0.3, -0.25) is 0 Å². The Bertz CT molecular complexity index is 585. The first-order chi connectivity index (χ1) is 8.75. The molecule has 5 heteroatoms. The molecule has 1 aromatic rings. The molecule has 0 amide bonds. The van der Waals surface area contributed by atoms with E-state index in [1.54, 1.807) is 39.2 Å². The summed E-state index contributed by atoms with van der Waals surface area (Å²) in [5, 5.41) is 0. The Balaban J connectivity index is 3.21. The molecule has 0 fully saturated rings. The lowest BCUT2D eigenvalue weighted by Gasteiger charge is -2.29. The van der Waals surface area contributed by atoms with Crippen molar-refractivity contribution < 1.29 is 13.2 Å². The van der Waals surface area contributed by atoms with Gasteiger partial charge in [-0.05, 0) is 31.5 Å². The summed E-state index contributed by atoms with van der Waals surface area (Å²) in [5.74, 6) is 2.48. The van der Waals surface area contributed by atoms with Crippen molar-refractivity contribution >= 4 is 10.0 Å². The number of benzene rings is 1. The van der Waals surface area contributed by atoms with E-state index in [9.17, 15) is 8.42 Å². The SMILES string of the molecule is C#CC(C)(C)N(C)S(=O)(=O)c1cccc(COC)c1. The van der Waals surface area contributed by atoms with Crippen molar-refractivity contribution in [2.75, 3.05) is 14.2 Å². The zero-order valence-electron chi connectivity index (χ0n) is 11.7. The minimum atomic E-state index is -3.61. The van der Waals surface area contributed by atoms with Crippen LogP contribution < -0.4 is 0 Å². The molecule has 0 atom stereocenters. The molecule has 0 radical (unpaired) electrons. The van der Waals surface area contributed by atoms with Gasteiger partial charge < -0.3 is 4.74 Å². The van der Waals surface area contributed by atoms with Crippen LogP contribution in [0, 0.1) is 12.3 Å². The van der Waals surface area contributed by atoms with Crippen LogP contribution >= 0.6 is 0 Å². The van der Waals surface area contributed by atoms with Crippen molar-refractivity contribution in [3.05, 3.63) is 29.8 Å². The summed E-state index contributed by atoms with van der Waals surface area (Å²) >= 11 is 0. The molecule has 4 nitrogen and oxygen atoms in total. The van der Waals surface area contributed by atoms with Crippen LogP contribution in [0.2, 0.25) is 0 Å². The molecule has 0 unspecified atom stereocenters. The van der Waals surface area contributed by atoms with E-state index in [2.05, 4.69) is 5.92 Å². The van der Waals surface area contributed by atoms with E-state index < -0.39 is 15.6 Å². The topological polar surface area (TPSA) is 46.6 Å². The molecule has 19 heavy (non-hydrogen) atoms. The number of sulfonamides is 1. The Morgan fingerprint density at radius 1 is 1.42 bits per heavy atom. The molecule has 0 heterocycles. The fourth-order valence-electron chi connectivity index (χ4n) is 1.51. The van der Waals surface area contributed by atoms with Crippen molar-refractivity contribution in [1.82, 2.24) is 4.31 Å². The summed E-state index contributed by atoms with van der Waals surface area (Å²) in [4.78, 5) is 0.216. The highest BCUT2D eigenvalue weighted by molar-refractivity contribution is 7.89. The van der Waals surface area contributed by atoms with Crippen LogP contribution in [0.15, 0.2) is 29.2 Å². The van der Waals surface area contributed by atoms with Crippen LogP contribution in [-0.2, 0) is 21.4 Å². The summed E-state index contributed by atoms with van der Waals surface area (Å²) in [6.07, 6.45) is 5.38. The normalized spacial score (nSPS) is 12.4. The van der Waals surface area contributed by atoms with Gasteiger partial charge in [-0.2, -0.15) is 4.31 Å². The summed E-state index contributed by atoms with van der Waals surface area (Å²) in [7, 11) is -0.566. The molecule has 0 aromatic heterocycles. The second-order valence-corrected chi connectivity index (χ2v) is 6.73. The number of hydrogen-bond donors (Lipinski definition) is 0. The third kappa shape index (κ3) is 3.35. The molecule has 1 aromatic carbocycles. The van der Waals surface area contributed by atoms with Gasteiger partial charge in [0.2, 0.25) is 10.0 Å². The second-order valence-electron chi connectivity index (χ2n) is 4.76. The number of hydrogen-bond acceptors (Lipinski definition) is 3. The summed E-state index contributed by atoms with van der Waals surface area (Å²) < 4.78 is 31.2. The van der Waals surface area contributed by atoms with E-state index in [0.29, 0.717) is 6.61 Å². The third-order valence-electron chi connectivity index (χ3n) is 3.01. The average Bonchev–Trinajstić information content (AvgIpc) is 2.38. The molecule has 0 saturated carbocycles. The standard InChI is InChI=1S/C14H19NO3S/c1-6-14(2,3)15(4)19(16,17)13-9-7-8-12(10-13)11-18-5/h1,7-10H,11H2,2-5H3. The molecule has 1 rings (SSSR count). The van der Waals surface area contributed by atoms with E-state index in [4.69, 9.17) is 11.2 Å². The van der Waals surface area contributed by atoms with E-state index in [-0.39, 0.29) is 4.90 Å². The van der Waals surface area contributed by atoms with Crippen LogP contribution in [0.25, 0.3) is 0 Å². The Labute approximate surface area is 115 Å². The molecule has 0 saturated heterocycles. The fraction of sp³-hybridized carbons (Fsp3) is 0.429. The Morgan fingerprint density at radius 3 is 2.58 bits per heavy atom. The molecule has 104 valence electrons. The number of nitrogens with zero attached hydrogens (tertiary/aromatic N) is 1. The van der Waals surface area contributed by atoms with Gasteiger partial charge >= 0.3 is 0 Å². The van der Waals surface area contributed by atoms with Gasteiger partial charge in [0.1, 0.15) is 0 Å². The van der Waals surface area contributed by atoms with Gasteiger partial charge in [0.05, 0.1) is 17.0 Å². The molecule has 0 N–H and O–H groups in total. The maximum Gasteiger partial charge on any atom is 0.244 e. The molecule has 0 spiro atoms. The number of terminal acetylenes is 1. The average molecular weight is 281 g/mol. The lowest BCUT2D eigenvalue weighted by atomic mass is 10.1. The quantitative estimate of drug-likeness (QED) is 0.774. The minimum Gasteiger partial charge on any atom is -0.380 e. The van der Waals surface area contributed by atoms with E-state index in [1.165, 1.54) is 11.4 Å². The molecule has 0 aliphatic carbocycles. The molecule has 0 aliphatic heterocycles. The maximum atomic E-state index is 12.5. The summed E-state index contributed by atoms with van der Waals surface area (Å²) in [5.41, 5.74) is -0.0775. The summed E-state index contributed by atoms with van der Waals surface area (Å²) in [6.45, 7) is 3.73. The maximum absolute atomic E-state index is 12.5. The van der Waals surface area contributed by atoms with Crippen LogP contribution in [0.4, 0.5) is 0 Å². The van der Waals surface area contributed by atoms with Crippen molar-refractivity contribution in [3.63, 3.8) is 0 Å². The van der Waals surface area contributed by atoms with Gasteiger partial charge in [-0.25, -0.2) is 8.42 Å². The van der Waals surface area contributed by atoms with Gasteiger partial charge in [-0.15, -0.1) is 6.42 Å². The second kappa shape index (κ2) is 5.74. The first-order valence-corrected chi connectivity index (χ1v) is 7.24. The smallest absolute Gasteiger partial charge is 0.244 e.